The molecular formula is C34H34ClNO. The molecule has 0 N–H and O–H groups in total. The second kappa shape index (κ2) is 8.39. The van der Waals surface area contributed by atoms with Crippen molar-refractivity contribution in [2.45, 2.75) is 65.2 Å². The van der Waals surface area contributed by atoms with E-state index in [4.69, 9.17) is 16.0 Å². The lowest BCUT2D eigenvalue weighted by Gasteiger charge is -2.43. The van der Waals surface area contributed by atoms with Crippen LogP contribution in [0.25, 0.3) is 21.9 Å². The number of rotatable bonds is 3. The van der Waals surface area contributed by atoms with Gasteiger partial charge in [-0.15, -0.1) is 0 Å². The number of halogens is 1. The van der Waals surface area contributed by atoms with Crippen molar-refractivity contribution in [1.82, 2.24) is 0 Å². The van der Waals surface area contributed by atoms with Crippen molar-refractivity contribution in [3.63, 3.8) is 0 Å². The van der Waals surface area contributed by atoms with Crippen LogP contribution < -0.4 is 4.90 Å². The van der Waals surface area contributed by atoms with Crippen molar-refractivity contribution in [3.05, 3.63) is 100 Å². The number of anilines is 3. The third-order valence-electron chi connectivity index (χ3n) is 8.32. The standard InChI is InChI=1S/C34H34ClNO/c1-21-16-23(35)19-24(17-21)36(29-12-9-11-26-25-10-7-8-13-31(25)37-32(26)29)30-20-28-27(18-22(30)2)33(3,4)14-15-34(28,5)6/h7-13,16-20H,14-15H2,1-6H3. The Balaban J connectivity index is 1.68. The van der Waals surface area contributed by atoms with Crippen LogP contribution in [-0.2, 0) is 10.8 Å². The Kier molecular flexibility index (Phi) is 5.47. The SMILES string of the molecule is Cc1cc(Cl)cc(N(c2cc3c(cc2C)C(C)(C)CCC3(C)C)c2cccc3c2oc2ccccc23)c1. The van der Waals surface area contributed by atoms with E-state index in [1.165, 1.54) is 35.2 Å². The topological polar surface area (TPSA) is 16.4 Å². The summed E-state index contributed by atoms with van der Waals surface area (Å²) in [4.78, 5) is 2.34. The van der Waals surface area contributed by atoms with Crippen LogP contribution in [0.1, 0.15) is 62.8 Å². The van der Waals surface area contributed by atoms with Crippen LogP contribution in [-0.4, -0.2) is 0 Å². The number of hydrogen-bond donors (Lipinski definition) is 0. The Hall–Kier alpha value is -3.23. The van der Waals surface area contributed by atoms with E-state index >= 15 is 0 Å². The van der Waals surface area contributed by atoms with Crippen molar-refractivity contribution in [2.75, 3.05) is 4.90 Å². The van der Waals surface area contributed by atoms with E-state index in [1.54, 1.807) is 0 Å². The summed E-state index contributed by atoms with van der Waals surface area (Å²) in [6.45, 7) is 13.9. The Labute approximate surface area is 224 Å². The zero-order valence-corrected chi connectivity index (χ0v) is 23.3. The van der Waals surface area contributed by atoms with Crippen LogP contribution in [0, 0.1) is 13.8 Å². The molecule has 2 nitrogen and oxygen atoms in total. The first-order valence-corrected chi connectivity index (χ1v) is 13.6. The van der Waals surface area contributed by atoms with Gasteiger partial charge in [-0.3, -0.25) is 0 Å². The Morgan fingerprint density at radius 1 is 0.730 bits per heavy atom. The highest BCUT2D eigenvalue weighted by Gasteiger charge is 2.38. The summed E-state index contributed by atoms with van der Waals surface area (Å²) < 4.78 is 6.52. The summed E-state index contributed by atoms with van der Waals surface area (Å²) in [5.74, 6) is 0. The van der Waals surface area contributed by atoms with Gasteiger partial charge < -0.3 is 9.32 Å². The zero-order valence-electron chi connectivity index (χ0n) is 22.6. The number of fused-ring (bicyclic) bond motifs is 4. The molecule has 4 aromatic carbocycles. The van der Waals surface area contributed by atoms with Gasteiger partial charge in [-0.25, -0.2) is 0 Å². The monoisotopic (exact) mass is 507 g/mol. The quantitative estimate of drug-likeness (QED) is 0.241. The summed E-state index contributed by atoms with van der Waals surface area (Å²) in [5.41, 5.74) is 10.5. The van der Waals surface area contributed by atoms with Crippen molar-refractivity contribution in [3.8, 4) is 0 Å². The minimum Gasteiger partial charge on any atom is -0.454 e. The van der Waals surface area contributed by atoms with E-state index < -0.39 is 0 Å². The fourth-order valence-corrected chi connectivity index (χ4v) is 6.40. The minimum atomic E-state index is 0.106. The van der Waals surface area contributed by atoms with Gasteiger partial charge in [0.05, 0.1) is 5.69 Å². The van der Waals surface area contributed by atoms with Gasteiger partial charge in [-0.1, -0.05) is 75.7 Å². The smallest absolute Gasteiger partial charge is 0.159 e. The minimum absolute atomic E-state index is 0.106. The van der Waals surface area contributed by atoms with E-state index in [0.29, 0.717) is 0 Å². The van der Waals surface area contributed by atoms with E-state index in [-0.39, 0.29) is 10.8 Å². The third kappa shape index (κ3) is 3.94. The molecular weight excluding hydrogens is 474 g/mol. The van der Waals surface area contributed by atoms with Crippen molar-refractivity contribution >= 4 is 50.6 Å². The second-order valence-corrected chi connectivity index (χ2v) is 12.5. The highest BCUT2D eigenvalue weighted by Crippen LogP contribution is 2.50. The van der Waals surface area contributed by atoms with E-state index in [0.717, 1.165) is 43.9 Å². The van der Waals surface area contributed by atoms with Gasteiger partial charge in [0.1, 0.15) is 5.58 Å². The van der Waals surface area contributed by atoms with E-state index in [9.17, 15) is 0 Å². The number of furan rings is 1. The predicted octanol–water partition coefficient (Wildman–Crippen LogP) is 10.7. The zero-order chi connectivity index (χ0) is 26.1. The highest BCUT2D eigenvalue weighted by atomic mass is 35.5. The van der Waals surface area contributed by atoms with Crippen LogP contribution in [0.4, 0.5) is 17.1 Å². The number of hydrogen-bond acceptors (Lipinski definition) is 2. The maximum Gasteiger partial charge on any atom is 0.159 e. The van der Waals surface area contributed by atoms with E-state index in [1.807, 2.05) is 18.2 Å². The lowest BCUT2D eigenvalue weighted by molar-refractivity contribution is 0.332. The molecule has 6 rings (SSSR count). The molecule has 0 aliphatic heterocycles. The van der Waals surface area contributed by atoms with Gasteiger partial charge in [0, 0.05) is 27.2 Å². The van der Waals surface area contributed by atoms with Gasteiger partial charge in [-0.2, -0.15) is 0 Å². The highest BCUT2D eigenvalue weighted by molar-refractivity contribution is 6.31. The molecule has 0 bridgehead atoms. The van der Waals surface area contributed by atoms with Crippen molar-refractivity contribution in [1.29, 1.82) is 0 Å². The van der Waals surface area contributed by atoms with Crippen molar-refractivity contribution < 1.29 is 4.42 Å². The van der Waals surface area contributed by atoms with Crippen LogP contribution in [0.2, 0.25) is 5.02 Å². The number of nitrogens with zero attached hydrogens (tertiary/aromatic N) is 1. The summed E-state index contributed by atoms with van der Waals surface area (Å²) in [5, 5.41) is 2.98. The summed E-state index contributed by atoms with van der Waals surface area (Å²) in [6, 6.07) is 25.9. The molecule has 1 aliphatic rings. The van der Waals surface area contributed by atoms with Crippen LogP contribution in [0.5, 0.6) is 0 Å². The third-order valence-corrected chi connectivity index (χ3v) is 8.54. The lowest BCUT2D eigenvalue weighted by Crippen LogP contribution is -2.34. The summed E-state index contributed by atoms with van der Waals surface area (Å²) >= 11 is 6.64. The molecule has 0 atom stereocenters. The average Bonchev–Trinajstić information content (AvgIpc) is 3.22. The molecule has 188 valence electrons. The van der Waals surface area contributed by atoms with Gasteiger partial charge in [0.2, 0.25) is 0 Å². The normalized spacial score (nSPS) is 16.2. The van der Waals surface area contributed by atoms with Gasteiger partial charge >= 0.3 is 0 Å². The van der Waals surface area contributed by atoms with Gasteiger partial charge in [-0.05, 0) is 96.2 Å². The molecule has 1 aliphatic carbocycles. The molecule has 1 heterocycles. The summed E-state index contributed by atoms with van der Waals surface area (Å²) in [6.07, 6.45) is 2.37. The Morgan fingerprint density at radius 2 is 1.41 bits per heavy atom. The van der Waals surface area contributed by atoms with E-state index in [2.05, 4.69) is 101 Å². The van der Waals surface area contributed by atoms with Gasteiger partial charge in [0.25, 0.3) is 0 Å². The predicted molar refractivity (Wildman–Crippen MR) is 158 cm³/mol. The first kappa shape index (κ1) is 24.1. The largest absolute Gasteiger partial charge is 0.454 e. The summed E-state index contributed by atoms with van der Waals surface area (Å²) in [7, 11) is 0. The molecule has 37 heavy (non-hydrogen) atoms. The molecule has 0 unspecified atom stereocenters. The molecule has 0 radical (unpaired) electrons. The first-order valence-electron chi connectivity index (χ1n) is 13.2. The molecule has 0 saturated heterocycles. The maximum atomic E-state index is 6.64. The molecule has 1 aromatic heterocycles. The van der Waals surface area contributed by atoms with Crippen LogP contribution in [0.15, 0.2) is 77.2 Å². The van der Waals surface area contributed by atoms with Crippen LogP contribution in [0.3, 0.4) is 0 Å². The fraction of sp³-hybridized carbons (Fsp3) is 0.294. The molecule has 0 spiro atoms. The Bertz CT molecular complexity index is 1650. The van der Waals surface area contributed by atoms with Gasteiger partial charge in [0.15, 0.2) is 5.58 Å². The number of aryl methyl sites for hydroxylation is 2. The Morgan fingerprint density at radius 3 is 2.14 bits per heavy atom. The maximum absolute atomic E-state index is 6.64. The fourth-order valence-electron chi connectivity index (χ4n) is 6.11. The first-order chi connectivity index (χ1) is 17.5. The lowest BCUT2D eigenvalue weighted by atomic mass is 9.63. The van der Waals surface area contributed by atoms with Crippen LogP contribution >= 0.6 is 11.6 Å². The average molecular weight is 508 g/mol. The molecule has 0 saturated carbocycles. The molecule has 3 heteroatoms. The molecule has 5 aromatic rings. The second-order valence-electron chi connectivity index (χ2n) is 12.0. The molecule has 0 amide bonds. The number of para-hydroxylation sites is 2. The molecule has 0 fully saturated rings. The number of benzene rings is 4. The van der Waals surface area contributed by atoms with Crippen molar-refractivity contribution in [2.24, 2.45) is 0 Å².